The monoisotopic (exact) mass is 292 g/mol. The summed E-state index contributed by atoms with van der Waals surface area (Å²) in [5, 5.41) is 9.78. The highest BCUT2D eigenvalue weighted by atomic mass is 35.5. The maximum atomic E-state index is 11.7. The third-order valence-electron chi connectivity index (χ3n) is 3.83. The second-order valence-electron chi connectivity index (χ2n) is 5.09. The van der Waals surface area contributed by atoms with Crippen molar-refractivity contribution in [3.05, 3.63) is 28.8 Å². The van der Waals surface area contributed by atoms with Crippen molar-refractivity contribution in [1.82, 2.24) is 0 Å². The molecular weight excluding hydrogens is 276 g/mol. The lowest BCUT2D eigenvalue weighted by atomic mass is 9.86. The number of para-hydroxylation sites is 1. The molecule has 0 amide bonds. The van der Waals surface area contributed by atoms with E-state index in [0.717, 1.165) is 5.69 Å². The number of benzene rings is 1. The van der Waals surface area contributed by atoms with E-state index in [-0.39, 0.29) is 17.8 Å². The second kappa shape index (κ2) is 6.15. The van der Waals surface area contributed by atoms with Crippen molar-refractivity contribution < 1.29 is 9.53 Å². The van der Waals surface area contributed by atoms with Crippen LogP contribution < -0.4 is 4.90 Å². The number of nitriles is 1. The number of halogens is 1. The molecule has 1 fully saturated rings. The Morgan fingerprint density at radius 1 is 1.55 bits per heavy atom. The van der Waals surface area contributed by atoms with Crippen LogP contribution in [-0.4, -0.2) is 26.2 Å². The minimum Gasteiger partial charge on any atom is -0.469 e. The van der Waals surface area contributed by atoms with Gasteiger partial charge in [-0.25, -0.2) is 0 Å². The summed E-state index contributed by atoms with van der Waals surface area (Å²) in [5.41, 5.74) is 1.34. The number of rotatable bonds is 2. The Labute approximate surface area is 123 Å². The number of hydrogen-bond acceptors (Lipinski definition) is 4. The number of carbonyl (C=O) groups is 1. The van der Waals surface area contributed by atoms with E-state index < -0.39 is 0 Å². The number of piperidine rings is 1. The van der Waals surface area contributed by atoms with E-state index in [4.69, 9.17) is 16.3 Å². The van der Waals surface area contributed by atoms with E-state index in [1.54, 1.807) is 18.2 Å². The summed E-state index contributed by atoms with van der Waals surface area (Å²) < 4.78 is 4.83. The number of ether oxygens (including phenoxy) is 1. The molecule has 0 bridgehead atoms. The molecule has 4 nitrogen and oxygen atoms in total. The number of esters is 1. The zero-order valence-electron chi connectivity index (χ0n) is 11.6. The van der Waals surface area contributed by atoms with Crippen LogP contribution in [0.25, 0.3) is 0 Å². The van der Waals surface area contributed by atoms with E-state index in [1.807, 2.05) is 6.92 Å². The minimum absolute atomic E-state index is 0.0794. The Kier molecular flexibility index (Phi) is 4.51. The molecule has 0 unspecified atom stereocenters. The van der Waals surface area contributed by atoms with Gasteiger partial charge in [0.25, 0.3) is 0 Å². The molecule has 1 aliphatic rings. The molecule has 5 heteroatoms. The molecule has 0 N–H and O–H groups in total. The third-order valence-corrected chi connectivity index (χ3v) is 4.14. The van der Waals surface area contributed by atoms with E-state index in [0.29, 0.717) is 30.1 Å². The molecule has 2 atom stereocenters. The molecule has 1 aromatic carbocycles. The maximum absolute atomic E-state index is 11.7. The topological polar surface area (TPSA) is 53.3 Å². The van der Waals surface area contributed by atoms with Crippen molar-refractivity contribution in [2.24, 2.45) is 11.8 Å². The van der Waals surface area contributed by atoms with E-state index in [1.165, 1.54) is 7.11 Å². The fourth-order valence-corrected chi connectivity index (χ4v) is 3.07. The minimum atomic E-state index is -0.156. The average Bonchev–Trinajstić information content (AvgIpc) is 2.46. The Morgan fingerprint density at radius 2 is 2.30 bits per heavy atom. The predicted molar refractivity (Wildman–Crippen MR) is 77.7 cm³/mol. The van der Waals surface area contributed by atoms with Crippen molar-refractivity contribution >= 4 is 23.3 Å². The van der Waals surface area contributed by atoms with Gasteiger partial charge in [0.05, 0.1) is 29.3 Å². The first-order chi connectivity index (χ1) is 9.58. The zero-order chi connectivity index (χ0) is 14.7. The largest absolute Gasteiger partial charge is 0.469 e. The van der Waals surface area contributed by atoms with Gasteiger partial charge >= 0.3 is 5.97 Å². The highest BCUT2D eigenvalue weighted by molar-refractivity contribution is 6.33. The second-order valence-corrected chi connectivity index (χ2v) is 5.50. The molecule has 1 heterocycles. The molecule has 0 aromatic heterocycles. The Hall–Kier alpha value is -1.73. The molecule has 0 spiro atoms. The van der Waals surface area contributed by atoms with Gasteiger partial charge in [-0.3, -0.25) is 4.79 Å². The molecule has 106 valence electrons. The number of methoxy groups -OCH3 is 1. The van der Waals surface area contributed by atoms with E-state index >= 15 is 0 Å². The van der Waals surface area contributed by atoms with Gasteiger partial charge in [-0.1, -0.05) is 24.6 Å². The fourth-order valence-electron chi connectivity index (χ4n) is 2.78. The van der Waals surface area contributed by atoms with Crippen LogP contribution in [0.15, 0.2) is 18.2 Å². The highest BCUT2D eigenvalue weighted by Gasteiger charge is 2.33. The van der Waals surface area contributed by atoms with Gasteiger partial charge in [-0.15, -0.1) is 0 Å². The van der Waals surface area contributed by atoms with Gasteiger partial charge in [0, 0.05) is 13.1 Å². The van der Waals surface area contributed by atoms with Crippen LogP contribution in [0.2, 0.25) is 5.02 Å². The summed E-state index contributed by atoms with van der Waals surface area (Å²) in [6, 6.07) is 7.50. The fraction of sp³-hybridized carbons (Fsp3) is 0.467. The van der Waals surface area contributed by atoms with Gasteiger partial charge in [0.15, 0.2) is 0 Å². The molecule has 20 heavy (non-hydrogen) atoms. The molecule has 1 aromatic rings. The van der Waals surface area contributed by atoms with Gasteiger partial charge in [0.1, 0.15) is 6.07 Å². The van der Waals surface area contributed by atoms with Crippen molar-refractivity contribution in [3.63, 3.8) is 0 Å². The normalized spacial score (nSPS) is 22.2. The first-order valence-corrected chi connectivity index (χ1v) is 6.97. The molecule has 1 aliphatic heterocycles. The number of hydrogen-bond donors (Lipinski definition) is 0. The van der Waals surface area contributed by atoms with Crippen molar-refractivity contribution in [3.8, 4) is 6.07 Å². The molecule has 0 radical (unpaired) electrons. The van der Waals surface area contributed by atoms with E-state index in [2.05, 4.69) is 11.0 Å². The van der Waals surface area contributed by atoms with Crippen molar-refractivity contribution in [1.29, 1.82) is 5.26 Å². The third kappa shape index (κ3) is 2.73. The standard InChI is InChI=1S/C15H17ClN2O2/c1-10-9-18(7-6-12(10)15(19)20-2)14-11(8-17)4-3-5-13(14)16/h3-5,10,12H,6-7,9H2,1-2H3/t10-,12+/m1/s1. The first-order valence-electron chi connectivity index (χ1n) is 6.60. The molecule has 2 rings (SSSR count). The lowest BCUT2D eigenvalue weighted by Gasteiger charge is -2.37. The summed E-state index contributed by atoms with van der Waals surface area (Å²) in [5.74, 6) is -0.0693. The van der Waals surface area contributed by atoms with Crippen LogP contribution in [0.5, 0.6) is 0 Å². The van der Waals surface area contributed by atoms with Gasteiger partial charge in [-0.05, 0) is 24.5 Å². The summed E-state index contributed by atoms with van der Waals surface area (Å²) in [6.07, 6.45) is 0.712. The van der Waals surface area contributed by atoms with Gasteiger partial charge in [-0.2, -0.15) is 5.26 Å². The van der Waals surface area contributed by atoms with Crippen LogP contribution in [0.1, 0.15) is 18.9 Å². The average molecular weight is 293 g/mol. The first kappa shape index (κ1) is 14.7. The Morgan fingerprint density at radius 3 is 2.90 bits per heavy atom. The predicted octanol–water partition coefficient (Wildman–Crippen LogP) is 2.85. The smallest absolute Gasteiger partial charge is 0.309 e. The van der Waals surface area contributed by atoms with Crippen LogP contribution >= 0.6 is 11.6 Å². The quantitative estimate of drug-likeness (QED) is 0.787. The summed E-state index contributed by atoms with van der Waals surface area (Å²) >= 11 is 6.23. The number of anilines is 1. The summed E-state index contributed by atoms with van der Waals surface area (Å²) in [4.78, 5) is 13.8. The van der Waals surface area contributed by atoms with Crippen molar-refractivity contribution in [2.75, 3.05) is 25.1 Å². The van der Waals surface area contributed by atoms with Gasteiger partial charge in [0.2, 0.25) is 0 Å². The lowest BCUT2D eigenvalue weighted by Crippen LogP contribution is -2.42. The summed E-state index contributed by atoms with van der Waals surface area (Å²) in [6.45, 7) is 3.41. The van der Waals surface area contributed by atoms with E-state index in [9.17, 15) is 10.1 Å². The zero-order valence-corrected chi connectivity index (χ0v) is 12.4. The summed E-state index contributed by atoms with van der Waals surface area (Å²) in [7, 11) is 1.42. The highest BCUT2D eigenvalue weighted by Crippen LogP contribution is 2.34. The number of carbonyl (C=O) groups excluding carboxylic acids is 1. The molecular formula is C15H17ClN2O2. The maximum Gasteiger partial charge on any atom is 0.309 e. The Balaban J connectivity index is 2.22. The van der Waals surface area contributed by atoms with Crippen molar-refractivity contribution in [2.45, 2.75) is 13.3 Å². The van der Waals surface area contributed by atoms with Crippen LogP contribution in [0.4, 0.5) is 5.69 Å². The number of nitrogens with zero attached hydrogens (tertiary/aromatic N) is 2. The molecule has 0 aliphatic carbocycles. The SMILES string of the molecule is COC(=O)[C@H]1CCN(c2c(Cl)cccc2C#N)C[C@H]1C. The Bertz CT molecular complexity index is 553. The molecule has 1 saturated heterocycles. The molecule has 0 saturated carbocycles. The lowest BCUT2D eigenvalue weighted by molar-refractivity contribution is -0.147. The van der Waals surface area contributed by atoms with Crippen LogP contribution in [-0.2, 0) is 9.53 Å². The van der Waals surface area contributed by atoms with Crippen LogP contribution in [0.3, 0.4) is 0 Å². The van der Waals surface area contributed by atoms with Crippen LogP contribution in [0, 0.1) is 23.2 Å². The van der Waals surface area contributed by atoms with Gasteiger partial charge < -0.3 is 9.64 Å².